The third kappa shape index (κ3) is 4.40. The molecule has 0 heterocycles. The lowest BCUT2D eigenvalue weighted by Crippen LogP contribution is -2.27. The summed E-state index contributed by atoms with van der Waals surface area (Å²) in [4.78, 5) is 13.7. The van der Waals surface area contributed by atoms with Crippen LogP contribution in [-0.2, 0) is 11.2 Å². The highest BCUT2D eigenvalue weighted by Gasteiger charge is 2.09. The molecule has 3 heteroatoms. The Kier molecular flexibility index (Phi) is 6.26. The number of carbonyl (C=O) groups is 1. The minimum absolute atomic E-state index is 0.203. The number of ether oxygens (including phenoxy) is 1. The smallest absolute Gasteiger partial charge is 0.222 e. The van der Waals surface area contributed by atoms with E-state index in [1.165, 1.54) is 0 Å². The Labute approximate surface area is 110 Å². The Balaban J connectivity index is 2.46. The van der Waals surface area contributed by atoms with E-state index in [1.807, 2.05) is 36.2 Å². The number of unbranched alkanes of at least 4 members (excludes halogenated alkanes) is 1. The molecule has 0 saturated heterocycles. The molecular weight excluding hydrogens is 226 g/mol. The number of benzene rings is 1. The summed E-state index contributed by atoms with van der Waals surface area (Å²) in [5.74, 6) is 1.07. The molecule has 18 heavy (non-hydrogen) atoms. The van der Waals surface area contributed by atoms with E-state index >= 15 is 0 Å². The maximum absolute atomic E-state index is 11.9. The number of rotatable bonds is 7. The van der Waals surface area contributed by atoms with Crippen LogP contribution in [0, 0.1) is 0 Å². The van der Waals surface area contributed by atoms with Crippen LogP contribution < -0.4 is 4.74 Å². The molecule has 0 saturated carbocycles. The molecule has 3 nitrogen and oxygen atoms in total. The molecule has 0 atom stereocenters. The normalized spacial score (nSPS) is 10.2. The van der Waals surface area contributed by atoms with Gasteiger partial charge < -0.3 is 9.64 Å². The third-order valence-corrected chi connectivity index (χ3v) is 3.07. The fourth-order valence-electron chi connectivity index (χ4n) is 1.86. The molecule has 0 fully saturated rings. The van der Waals surface area contributed by atoms with E-state index in [0.717, 1.165) is 37.1 Å². The molecule has 0 aliphatic rings. The Bertz CT molecular complexity index is 377. The van der Waals surface area contributed by atoms with Gasteiger partial charge in [0.15, 0.2) is 0 Å². The summed E-state index contributed by atoms with van der Waals surface area (Å²) in [5, 5.41) is 0. The monoisotopic (exact) mass is 249 g/mol. The van der Waals surface area contributed by atoms with Crippen molar-refractivity contribution in [2.75, 3.05) is 20.7 Å². The minimum atomic E-state index is 0.203. The number of para-hydroxylation sites is 1. The van der Waals surface area contributed by atoms with Gasteiger partial charge >= 0.3 is 0 Å². The standard InChI is InChI=1S/C15H23NO2/c1-4-5-12-16(2)15(17)11-10-13-8-6-7-9-14(13)18-3/h6-9H,4-5,10-12H2,1-3H3. The Morgan fingerprint density at radius 2 is 2.06 bits per heavy atom. The Morgan fingerprint density at radius 3 is 2.72 bits per heavy atom. The number of amides is 1. The van der Waals surface area contributed by atoms with E-state index < -0.39 is 0 Å². The fraction of sp³-hybridized carbons (Fsp3) is 0.533. The van der Waals surface area contributed by atoms with Crippen molar-refractivity contribution in [2.24, 2.45) is 0 Å². The zero-order chi connectivity index (χ0) is 13.4. The minimum Gasteiger partial charge on any atom is -0.496 e. The second-order valence-corrected chi connectivity index (χ2v) is 4.48. The summed E-state index contributed by atoms with van der Waals surface area (Å²) >= 11 is 0. The zero-order valence-corrected chi connectivity index (χ0v) is 11.6. The lowest BCUT2D eigenvalue weighted by molar-refractivity contribution is -0.129. The summed E-state index contributed by atoms with van der Waals surface area (Å²) in [6, 6.07) is 7.86. The lowest BCUT2D eigenvalue weighted by atomic mass is 10.1. The molecule has 0 N–H and O–H groups in total. The number of hydrogen-bond donors (Lipinski definition) is 0. The molecule has 1 aromatic carbocycles. The van der Waals surface area contributed by atoms with Gasteiger partial charge in [0, 0.05) is 20.0 Å². The average molecular weight is 249 g/mol. The van der Waals surface area contributed by atoms with Crippen LogP contribution in [0.3, 0.4) is 0 Å². The van der Waals surface area contributed by atoms with Gasteiger partial charge in [-0.1, -0.05) is 31.5 Å². The van der Waals surface area contributed by atoms with Crippen LogP contribution in [0.1, 0.15) is 31.7 Å². The molecule has 100 valence electrons. The molecule has 0 unspecified atom stereocenters. The highest BCUT2D eigenvalue weighted by Crippen LogP contribution is 2.19. The first-order chi connectivity index (χ1) is 8.69. The maximum atomic E-state index is 11.9. The molecule has 0 bridgehead atoms. The molecule has 1 aromatic rings. The second-order valence-electron chi connectivity index (χ2n) is 4.48. The molecule has 0 aliphatic carbocycles. The van der Waals surface area contributed by atoms with Crippen molar-refractivity contribution in [1.82, 2.24) is 4.90 Å². The molecule has 1 rings (SSSR count). The molecule has 0 aromatic heterocycles. The summed E-state index contributed by atoms with van der Waals surface area (Å²) in [7, 11) is 3.54. The van der Waals surface area contributed by atoms with Crippen LogP contribution >= 0.6 is 0 Å². The summed E-state index contributed by atoms with van der Waals surface area (Å²) in [6.45, 7) is 2.98. The van der Waals surface area contributed by atoms with Crippen LogP contribution in [0.25, 0.3) is 0 Å². The first-order valence-corrected chi connectivity index (χ1v) is 6.55. The van der Waals surface area contributed by atoms with Gasteiger partial charge in [-0.25, -0.2) is 0 Å². The molecule has 1 amide bonds. The fourth-order valence-corrected chi connectivity index (χ4v) is 1.86. The van der Waals surface area contributed by atoms with Crippen molar-refractivity contribution in [3.63, 3.8) is 0 Å². The van der Waals surface area contributed by atoms with Crippen LogP contribution in [-0.4, -0.2) is 31.5 Å². The maximum Gasteiger partial charge on any atom is 0.222 e. The first kappa shape index (κ1) is 14.6. The van der Waals surface area contributed by atoms with Gasteiger partial charge in [-0.3, -0.25) is 4.79 Å². The van der Waals surface area contributed by atoms with Crippen LogP contribution in [0.4, 0.5) is 0 Å². The van der Waals surface area contributed by atoms with Crippen molar-refractivity contribution in [1.29, 1.82) is 0 Å². The number of carbonyl (C=O) groups excluding carboxylic acids is 1. The highest BCUT2D eigenvalue weighted by atomic mass is 16.5. The number of methoxy groups -OCH3 is 1. The molecule has 0 aliphatic heterocycles. The Morgan fingerprint density at radius 1 is 1.33 bits per heavy atom. The molecule has 0 spiro atoms. The van der Waals surface area contributed by atoms with Gasteiger partial charge in [0.25, 0.3) is 0 Å². The lowest BCUT2D eigenvalue weighted by Gasteiger charge is -2.17. The average Bonchev–Trinajstić information content (AvgIpc) is 2.42. The van der Waals surface area contributed by atoms with Gasteiger partial charge in [-0.05, 0) is 24.5 Å². The number of hydrogen-bond acceptors (Lipinski definition) is 2. The SMILES string of the molecule is CCCCN(C)C(=O)CCc1ccccc1OC. The summed E-state index contributed by atoms with van der Waals surface area (Å²) in [5.41, 5.74) is 1.09. The number of aryl methyl sites for hydroxylation is 1. The van der Waals surface area contributed by atoms with Crippen molar-refractivity contribution < 1.29 is 9.53 Å². The topological polar surface area (TPSA) is 29.5 Å². The largest absolute Gasteiger partial charge is 0.496 e. The predicted molar refractivity (Wildman–Crippen MR) is 73.9 cm³/mol. The van der Waals surface area contributed by atoms with E-state index in [2.05, 4.69) is 6.92 Å². The van der Waals surface area contributed by atoms with Gasteiger partial charge in [0.05, 0.1) is 7.11 Å². The van der Waals surface area contributed by atoms with Gasteiger partial charge in [0.1, 0.15) is 5.75 Å². The zero-order valence-electron chi connectivity index (χ0n) is 11.6. The summed E-state index contributed by atoms with van der Waals surface area (Å²) in [6.07, 6.45) is 3.46. The molecule has 0 radical (unpaired) electrons. The predicted octanol–water partition coefficient (Wildman–Crippen LogP) is 2.89. The molecular formula is C15H23NO2. The van der Waals surface area contributed by atoms with Gasteiger partial charge in [-0.2, -0.15) is 0 Å². The third-order valence-electron chi connectivity index (χ3n) is 3.07. The van der Waals surface area contributed by atoms with E-state index in [4.69, 9.17) is 4.74 Å². The highest BCUT2D eigenvalue weighted by molar-refractivity contribution is 5.76. The quantitative estimate of drug-likeness (QED) is 0.743. The van der Waals surface area contributed by atoms with Crippen molar-refractivity contribution in [3.8, 4) is 5.75 Å². The van der Waals surface area contributed by atoms with E-state index in [9.17, 15) is 4.79 Å². The van der Waals surface area contributed by atoms with Crippen LogP contribution in [0.5, 0.6) is 5.75 Å². The van der Waals surface area contributed by atoms with Gasteiger partial charge in [0.2, 0.25) is 5.91 Å². The van der Waals surface area contributed by atoms with Crippen molar-refractivity contribution >= 4 is 5.91 Å². The van der Waals surface area contributed by atoms with Crippen LogP contribution in [0.2, 0.25) is 0 Å². The van der Waals surface area contributed by atoms with Crippen molar-refractivity contribution in [2.45, 2.75) is 32.6 Å². The Hall–Kier alpha value is -1.51. The first-order valence-electron chi connectivity index (χ1n) is 6.55. The van der Waals surface area contributed by atoms with Crippen LogP contribution in [0.15, 0.2) is 24.3 Å². The van der Waals surface area contributed by atoms with E-state index in [1.54, 1.807) is 7.11 Å². The number of nitrogens with zero attached hydrogens (tertiary/aromatic N) is 1. The van der Waals surface area contributed by atoms with E-state index in [0.29, 0.717) is 6.42 Å². The summed E-state index contributed by atoms with van der Waals surface area (Å²) < 4.78 is 5.28. The van der Waals surface area contributed by atoms with Gasteiger partial charge in [-0.15, -0.1) is 0 Å². The van der Waals surface area contributed by atoms with Crippen molar-refractivity contribution in [3.05, 3.63) is 29.8 Å². The second kappa shape index (κ2) is 7.75. The van der Waals surface area contributed by atoms with E-state index in [-0.39, 0.29) is 5.91 Å².